The van der Waals surface area contributed by atoms with E-state index in [0.717, 1.165) is 49.5 Å². The van der Waals surface area contributed by atoms with Crippen molar-refractivity contribution in [3.63, 3.8) is 0 Å². The zero-order valence-electron chi connectivity index (χ0n) is 19.8. The lowest BCUT2D eigenvalue weighted by molar-refractivity contribution is 0.0209. The number of piperidine rings is 1. The van der Waals surface area contributed by atoms with E-state index in [-0.39, 0.29) is 12.1 Å². The number of anilines is 1. The van der Waals surface area contributed by atoms with Gasteiger partial charge in [0, 0.05) is 20.1 Å². The Hall–Kier alpha value is -3.02. The molecule has 6 nitrogen and oxygen atoms in total. The average molecular weight is 435 g/mol. The SMILES string of the molecule is Cc1ccccc1Cn1c(N2CCC[C@H](N(C)C(=O)OC(C)(C)C)C2)nc2ccccc21. The van der Waals surface area contributed by atoms with Crippen LogP contribution in [0.4, 0.5) is 10.7 Å². The monoisotopic (exact) mass is 434 g/mol. The maximum atomic E-state index is 12.7. The number of rotatable bonds is 4. The van der Waals surface area contributed by atoms with Crippen molar-refractivity contribution in [3.05, 3.63) is 59.7 Å². The third-order valence-electron chi connectivity index (χ3n) is 6.13. The number of amides is 1. The van der Waals surface area contributed by atoms with Crippen molar-refractivity contribution in [1.82, 2.24) is 14.5 Å². The molecule has 1 aromatic heterocycles. The molecular formula is C26H34N4O2. The molecule has 32 heavy (non-hydrogen) atoms. The van der Waals surface area contributed by atoms with E-state index in [9.17, 15) is 4.79 Å². The molecule has 0 radical (unpaired) electrons. The van der Waals surface area contributed by atoms with Crippen LogP contribution in [-0.4, -0.2) is 52.3 Å². The summed E-state index contributed by atoms with van der Waals surface area (Å²) in [5.74, 6) is 0.969. The summed E-state index contributed by atoms with van der Waals surface area (Å²) in [6, 6.07) is 16.9. The standard InChI is InChI=1S/C26H34N4O2/c1-19-11-6-7-12-20(19)17-30-23-15-9-8-14-22(23)27-24(30)29-16-10-13-21(18-29)28(5)25(31)32-26(2,3)4/h6-9,11-12,14-15,21H,10,13,16-18H2,1-5H3/t21-/m0/s1. The summed E-state index contributed by atoms with van der Waals surface area (Å²) in [7, 11) is 1.85. The minimum atomic E-state index is -0.499. The molecule has 3 aromatic rings. The molecule has 0 bridgehead atoms. The molecule has 1 saturated heterocycles. The van der Waals surface area contributed by atoms with Gasteiger partial charge in [0.1, 0.15) is 5.60 Å². The predicted octanol–water partition coefficient (Wildman–Crippen LogP) is 5.23. The van der Waals surface area contributed by atoms with Crippen LogP contribution < -0.4 is 4.90 Å². The first kappa shape index (κ1) is 22.2. The highest BCUT2D eigenvalue weighted by atomic mass is 16.6. The van der Waals surface area contributed by atoms with Crippen molar-refractivity contribution in [2.75, 3.05) is 25.0 Å². The summed E-state index contributed by atoms with van der Waals surface area (Å²) in [6.45, 7) is 10.3. The van der Waals surface area contributed by atoms with Gasteiger partial charge in [0.2, 0.25) is 5.95 Å². The van der Waals surface area contributed by atoms with E-state index in [2.05, 4.69) is 58.9 Å². The number of carbonyl (C=O) groups is 1. The van der Waals surface area contributed by atoms with Gasteiger partial charge in [-0.25, -0.2) is 9.78 Å². The van der Waals surface area contributed by atoms with E-state index in [1.54, 1.807) is 4.90 Å². The van der Waals surface area contributed by atoms with Gasteiger partial charge in [0.05, 0.1) is 23.6 Å². The smallest absolute Gasteiger partial charge is 0.410 e. The molecule has 0 N–H and O–H groups in total. The van der Waals surface area contributed by atoms with Crippen molar-refractivity contribution < 1.29 is 9.53 Å². The van der Waals surface area contributed by atoms with Gasteiger partial charge in [-0.05, 0) is 63.8 Å². The Labute approximate surface area is 190 Å². The summed E-state index contributed by atoms with van der Waals surface area (Å²) >= 11 is 0. The van der Waals surface area contributed by atoms with Crippen molar-refractivity contribution in [1.29, 1.82) is 0 Å². The molecule has 1 aliphatic heterocycles. The number of nitrogens with zero attached hydrogens (tertiary/aromatic N) is 4. The summed E-state index contributed by atoms with van der Waals surface area (Å²) in [6.07, 6.45) is 1.70. The van der Waals surface area contributed by atoms with Crippen LogP contribution in [0.5, 0.6) is 0 Å². The maximum Gasteiger partial charge on any atom is 0.410 e. The molecule has 1 aliphatic rings. The number of aryl methyl sites for hydroxylation is 1. The highest BCUT2D eigenvalue weighted by Gasteiger charge is 2.31. The van der Waals surface area contributed by atoms with Crippen LogP contribution in [0.15, 0.2) is 48.5 Å². The number of hydrogen-bond donors (Lipinski definition) is 0. The summed E-state index contributed by atoms with van der Waals surface area (Å²) < 4.78 is 7.92. The molecule has 170 valence electrons. The van der Waals surface area contributed by atoms with Crippen LogP contribution in [0.1, 0.15) is 44.7 Å². The van der Waals surface area contributed by atoms with Crippen LogP contribution in [-0.2, 0) is 11.3 Å². The van der Waals surface area contributed by atoms with Crippen LogP contribution in [0.25, 0.3) is 11.0 Å². The molecule has 2 aromatic carbocycles. The number of aromatic nitrogens is 2. The van der Waals surface area contributed by atoms with Gasteiger partial charge in [-0.3, -0.25) is 0 Å². The van der Waals surface area contributed by atoms with Gasteiger partial charge < -0.3 is 19.1 Å². The second-order valence-corrected chi connectivity index (χ2v) is 9.75. The number of carbonyl (C=O) groups excluding carboxylic acids is 1. The Balaban J connectivity index is 1.63. The molecule has 0 unspecified atom stereocenters. The predicted molar refractivity (Wildman–Crippen MR) is 129 cm³/mol. The fourth-order valence-corrected chi connectivity index (χ4v) is 4.35. The summed E-state index contributed by atoms with van der Waals surface area (Å²) in [5.41, 5.74) is 4.20. The Kier molecular flexibility index (Phi) is 6.13. The third kappa shape index (κ3) is 4.74. The fourth-order valence-electron chi connectivity index (χ4n) is 4.35. The highest BCUT2D eigenvalue weighted by molar-refractivity contribution is 5.79. The fraction of sp³-hybridized carbons (Fsp3) is 0.462. The lowest BCUT2D eigenvalue weighted by atomic mass is 10.1. The molecule has 0 saturated carbocycles. The van der Waals surface area contributed by atoms with Gasteiger partial charge in [0.15, 0.2) is 0 Å². The van der Waals surface area contributed by atoms with Gasteiger partial charge in [-0.2, -0.15) is 0 Å². The van der Waals surface area contributed by atoms with Crippen LogP contribution >= 0.6 is 0 Å². The van der Waals surface area contributed by atoms with Crippen molar-refractivity contribution in [2.45, 2.75) is 58.7 Å². The van der Waals surface area contributed by atoms with Gasteiger partial charge >= 0.3 is 6.09 Å². The average Bonchev–Trinajstić information content (AvgIpc) is 3.12. The Morgan fingerprint density at radius 2 is 1.88 bits per heavy atom. The first-order chi connectivity index (χ1) is 15.2. The largest absolute Gasteiger partial charge is 0.444 e. The third-order valence-corrected chi connectivity index (χ3v) is 6.13. The van der Waals surface area contributed by atoms with E-state index in [1.807, 2.05) is 33.9 Å². The summed E-state index contributed by atoms with van der Waals surface area (Å²) in [4.78, 5) is 21.7. The van der Waals surface area contributed by atoms with Crippen LogP contribution in [0, 0.1) is 6.92 Å². The number of para-hydroxylation sites is 2. The van der Waals surface area contributed by atoms with Crippen molar-refractivity contribution in [3.8, 4) is 0 Å². The molecule has 2 heterocycles. The lowest BCUT2D eigenvalue weighted by Gasteiger charge is -2.38. The van der Waals surface area contributed by atoms with E-state index in [1.165, 1.54) is 11.1 Å². The minimum Gasteiger partial charge on any atom is -0.444 e. The first-order valence-corrected chi connectivity index (χ1v) is 11.4. The normalized spacial score (nSPS) is 16.9. The second kappa shape index (κ2) is 8.85. The molecule has 1 amide bonds. The molecule has 4 rings (SSSR count). The van der Waals surface area contributed by atoms with Gasteiger partial charge in [-0.15, -0.1) is 0 Å². The lowest BCUT2D eigenvalue weighted by Crippen LogP contribution is -2.50. The first-order valence-electron chi connectivity index (χ1n) is 11.4. The molecular weight excluding hydrogens is 400 g/mol. The number of ether oxygens (including phenoxy) is 1. The quantitative estimate of drug-likeness (QED) is 0.564. The number of benzene rings is 2. The topological polar surface area (TPSA) is 50.6 Å². The number of hydrogen-bond acceptors (Lipinski definition) is 4. The minimum absolute atomic E-state index is 0.0883. The number of likely N-dealkylation sites (N-methyl/N-ethyl adjacent to an activating group) is 1. The summed E-state index contributed by atoms with van der Waals surface area (Å²) in [5, 5.41) is 0. The van der Waals surface area contributed by atoms with Gasteiger partial charge in [0.25, 0.3) is 0 Å². The highest BCUT2D eigenvalue weighted by Crippen LogP contribution is 2.28. The van der Waals surface area contributed by atoms with E-state index in [0.29, 0.717) is 0 Å². The molecule has 1 atom stereocenters. The zero-order valence-corrected chi connectivity index (χ0v) is 19.8. The second-order valence-electron chi connectivity index (χ2n) is 9.75. The zero-order chi connectivity index (χ0) is 22.9. The molecule has 0 spiro atoms. The van der Waals surface area contributed by atoms with Crippen molar-refractivity contribution in [2.24, 2.45) is 0 Å². The van der Waals surface area contributed by atoms with E-state index >= 15 is 0 Å². The molecule has 6 heteroatoms. The maximum absolute atomic E-state index is 12.7. The number of imidazole rings is 1. The Morgan fingerprint density at radius 1 is 1.16 bits per heavy atom. The molecule has 0 aliphatic carbocycles. The van der Waals surface area contributed by atoms with Gasteiger partial charge in [-0.1, -0.05) is 36.4 Å². The Morgan fingerprint density at radius 3 is 2.62 bits per heavy atom. The van der Waals surface area contributed by atoms with Crippen molar-refractivity contribution >= 4 is 23.1 Å². The Bertz CT molecular complexity index is 1100. The van der Waals surface area contributed by atoms with Crippen LogP contribution in [0.2, 0.25) is 0 Å². The van der Waals surface area contributed by atoms with E-state index < -0.39 is 5.60 Å². The number of fused-ring (bicyclic) bond motifs is 1. The van der Waals surface area contributed by atoms with E-state index in [4.69, 9.17) is 9.72 Å². The van der Waals surface area contributed by atoms with Crippen LogP contribution in [0.3, 0.4) is 0 Å². The molecule has 1 fully saturated rings.